The van der Waals surface area contributed by atoms with Crippen LogP contribution < -0.4 is 46.5 Å². The smallest absolute Gasteiger partial charge is 0.485 e. The monoisotopic (exact) mass is 1800 g/mol. The number of halogens is 3. The van der Waals surface area contributed by atoms with Gasteiger partial charge in [0, 0.05) is 81.0 Å². The molecule has 1 saturated heterocycles. The maximum Gasteiger partial charge on any atom is 0.487 e. The van der Waals surface area contributed by atoms with E-state index in [-0.39, 0.29) is 60.0 Å². The molecule has 8 N–H and O–H groups in total. The Kier molecular flexibility index (Phi) is 24.9. The van der Waals surface area contributed by atoms with E-state index in [4.69, 9.17) is 75.8 Å². The maximum absolute atomic E-state index is 13.6. The Hall–Kier alpha value is -11.5. The Morgan fingerprint density at radius 3 is 1.25 bits per heavy atom. The van der Waals surface area contributed by atoms with E-state index in [0.717, 1.165) is 80.2 Å². The molecule has 8 unspecified atom stereocenters. The van der Waals surface area contributed by atoms with Crippen molar-refractivity contribution in [3.8, 4) is 34.1 Å². The highest BCUT2D eigenvalue weighted by Crippen LogP contribution is 2.55. The Labute approximate surface area is 718 Å². The summed E-state index contributed by atoms with van der Waals surface area (Å²) < 4.78 is 27.7. The number of ether oxygens (including phenoxy) is 4. The first kappa shape index (κ1) is 83.0. The molecule has 0 aromatic heterocycles. The van der Waals surface area contributed by atoms with Gasteiger partial charge >= 0.3 is 7.12 Å². The predicted molar refractivity (Wildman–Crippen MR) is 472 cm³/mol. The molecule has 8 heterocycles. The third-order valence-electron chi connectivity index (χ3n) is 21.5. The number of thioether (sulfide) groups is 1. The molecule has 4 amide bonds. The van der Waals surface area contributed by atoms with Crippen LogP contribution in [-0.4, -0.2) is 103 Å². The van der Waals surface area contributed by atoms with Gasteiger partial charge in [0.2, 0.25) is 0 Å². The molecule has 118 heavy (non-hydrogen) atoms. The van der Waals surface area contributed by atoms with Crippen LogP contribution in [0.3, 0.4) is 0 Å². The topological polar surface area (TPSA) is 277 Å². The van der Waals surface area contributed by atoms with Gasteiger partial charge in [0.25, 0.3) is 23.6 Å². The third-order valence-corrected chi connectivity index (χ3v) is 24.1. The average Bonchev–Trinajstić information content (AvgIpc) is 1.55. The first-order valence-electron chi connectivity index (χ1n) is 38.3. The van der Waals surface area contributed by atoms with Gasteiger partial charge in [-0.15, -0.1) is 0 Å². The number of carbonyl (C=O) groups is 4. The fraction of sp³-hybridized carbons (Fsp3) is 0.222. The summed E-state index contributed by atoms with van der Waals surface area (Å²) in [5, 5.41) is 24.5. The van der Waals surface area contributed by atoms with Crippen molar-refractivity contribution in [3.05, 3.63) is 323 Å². The summed E-state index contributed by atoms with van der Waals surface area (Å²) in [6, 6.07) is 76.4. The van der Waals surface area contributed by atoms with E-state index in [9.17, 15) is 19.2 Å². The summed E-state index contributed by atoms with van der Waals surface area (Å²) in [7, 11) is -1.49. The average molecular weight is 1800 g/mol. The predicted octanol–water partition coefficient (Wildman–Crippen LogP) is 16.4. The minimum absolute atomic E-state index is 0.0459. The Bertz CT molecular complexity index is 5710. The number of likely N-dealkylation sites (N-methyl/N-ethyl adjacent to an activating group) is 3. The number of nitrogens with two attached hydrogens (primary N) is 2. The molecule has 0 aliphatic carbocycles. The van der Waals surface area contributed by atoms with Crippen molar-refractivity contribution >= 4 is 142 Å². The van der Waals surface area contributed by atoms with Crippen LogP contribution in [0.1, 0.15) is 122 Å². The van der Waals surface area contributed by atoms with Gasteiger partial charge in [0.05, 0.1) is 13.1 Å². The largest absolute Gasteiger partial charge is 0.487 e. The van der Waals surface area contributed by atoms with Gasteiger partial charge in [0.15, 0.2) is 55.7 Å². The summed E-state index contributed by atoms with van der Waals surface area (Å²) >= 11 is 17.3. The van der Waals surface area contributed by atoms with Crippen molar-refractivity contribution in [1.29, 1.82) is 0 Å². The minimum Gasteiger partial charge on any atom is -0.485 e. The maximum atomic E-state index is 13.6. The van der Waals surface area contributed by atoms with Crippen LogP contribution in [0.15, 0.2) is 271 Å². The highest BCUT2D eigenvalue weighted by Gasteiger charge is 2.58. The number of hydrogen-bond donors (Lipinski definition) is 6. The lowest BCUT2D eigenvalue weighted by atomic mass is 9.79. The van der Waals surface area contributed by atoms with E-state index in [1.54, 1.807) is 36.0 Å². The second kappa shape index (κ2) is 35.4. The number of carbonyl (C=O) groups excluding carboxylic acids is 4. The van der Waals surface area contributed by atoms with Crippen LogP contribution in [0, 0.1) is 13.1 Å². The molecular weight excluding hydrogens is 1720 g/mol. The van der Waals surface area contributed by atoms with E-state index in [0.29, 0.717) is 90.1 Å². The molecule has 1 fully saturated rings. The highest BCUT2D eigenvalue weighted by molar-refractivity contribution is 9.11. The number of amidine groups is 1. The number of fused-ring (bicyclic) bond motifs is 8. The molecule has 8 aliphatic heterocycles. The molecule has 8 atom stereocenters. The van der Waals surface area contributed by atoms with E-state index in [2.05, 4.69) is 80.0 Å². The van der Waals surface area contributed by atoms with E-state index >= 15 is 0 Å². The molecule has 8 aliphatic rings. The number of hydrogen-bond acceptors (Lipinski definition) is 17. The second-order valence-electron chi connectivity index (χ2n) is 28.6. The fourth-order valence-electron chi connectivity index (χ4n) is 15.9. The normalized spacial score (nSPS) is 22.4. The summed E-state index contributed by atoms with van der Waals surface area (Å²) in [5.41, 5.74) is 18.6. The second-order valence-corrected chi connectivity index (χ2v) is 33.0. The minimum atomic E-state index is -1.49. The number of aliphatic imine (C=N–C) groups is 3. The molecule has 0 saturated carbocycles. The molecule has 10 aromatic carbocycles. The summed E-state index contributed by atoms with van der Waals surface area (Å²) in [6.45, 7) is 23.4. The van der Waals surface area contributed by atoms with Gasteiger partial charge < -0.3 is 51.1 Å². The van der Waals surface area contributed by atoms with Crippen LogP contribution in [0.5, 0.6) is 23.0 Å². The van der Waals surface area contributed by atoms with Crippen LogP contribution >= 0.6 is 71.8 Å². The Morgan fingerprint density at radius 1 is 0.475 bits per heavy atom. The molecule has 28 heteroatoms. The number of guanidine groups is 2. The quantitative estimate of drug-likeness (QED) is 0.0422. The van der Waals surface area contributed by atoms with E-state index in [1.165, 1.54) is 15.9 Å². The van der Waals surface area contributed by atoms with E-state index < -0.39 is 29.3 Å². The lowest BCUT2D eigenvalue weighted by Crippen LogP contribution is -2.48. The molecule has 0 radical (unpaired) electrons. The van der Waals surface area contributed by atoms with Crippen molar-refractivity contribution in [3.63, 3.8) is 0 Å². The van der Waals surface area contributed by atoms with Crippen LogP contribution in [0.2, 0.25) is 0 Å². The molecule has 22 nitrogen and oxygen atoms in total. The number of nitrogens with one attached hydrogen (secondary N) is 2. The number of nitrogens with zero attached hydrogens (tertiary/aromatic N) is 8. The zero-order valence-corrected chi connectivity index (χ0v) is 70.9. The molecule has 0 bridgehead atoms. The number of benzene rings is 10. The van der Waals surface area contributed by atoms with Gasteiger partial charge in [0.1, 0.15) is 47.4 Å². The molecule has 596 valence electrons. The number of rotatable bonds is 10. The van der Waals surface area contributed by atoms with Crippen LogP contribution in [0.25, 0.3) is 20.8 Å². The lowest BCUT2D eigenvalue weighted by Gasteiger charge is -2.38. The Morgan fingerprint density at radius 2 is 0.847 bits per heavy atom. The van der Waals surface area contributed by atoms with E-state index in [1.807, 2.05) is 238 Å². The van der Waals surface area contributed by atoms with Gasteiger partial charge in [-0.1, -0.05) is 236 Å². The Balaban J connectivity index is 0.000000125. The number of amides is 4. The fourth-order valence-corrected chi connectivity index (χ4v) is 18.1. The van der Waals surface area contributed by atoms with Crippen LogP contribution in [0.4, 0.5) is 11.4 Å². The SMILES string of the molecule is CCN1C(=O)C2(CC(c3ccccc3)Oc3ccc(Br)cc32)N=C1N.CCSC1=NC2(CC(c3ccccc3)Oc3ccc(Br)cc32)C(=O)N1CC.O=C1NC(=S)NC12CC(c1ccccc1)Oc1ccc(Br)cc12.[C-]#[N+]c1cccc(-c2ccc3c(c2)C2(CC(c4ccccc4)O3)N=C(N)N(CC)C2=O)c1.[C-]#[N+]c1cccc(B(O)O)c1. The van der Waals surface area contributed by atoms with Crippen molar-refractivity contribution in [2.24, 2.45) is 26.4 Å². The molecule has 4 spiro atoms. The zero-order chi connectivity index (χ0) is 83.2. The lowest BCUT2D eigenvalue weighted by molar-refractivity contribution is -0.133. The van der Waals surface area contributed by atoms with Crippen molar-refractivity contribution < 1.29 is 48.2 Å². The van der Waals surface area contributed by atoms with Gasteiger partial charge in [-0.2, -0.15) is 0 Å². The zero-order valence-electron chi connectivity index (χ0n) is 64.5. The molecular formula is C90H80BBr3N12O10S2. The van der Waals surface area contributed by atoms with Crippen molar-refractivity contribution in [1.82, 2.24) is 25.3 Å². The highest BCUT2D eigenvalue weighted by atomic mass is 79.9. The third kappa shape index (κ3) is 16.4. The molecule has 10 aromatic rings. The number of thiocarbonyl (C=S) groups is 1. The van der Waals surface area contributed by atoms with Gasteiger partial charge in [-0.3, -0.25) is 33.9 Å². The first-order valence-corrected chi connectivity index (χ1v) is 42.0. The summed E-state index contributed by atoms with van der Waals surface area (Å²) in [6.07, 6.45) is 0.767. The first-order chi connectivity index (χ1) is 57.0. The summed E-state index contributed by atoms with van der Waals surface area (Å²) in [5.74, 6) is 3.80. The van der Waals surface area contributed by atoms with Gasteiger partial charge in [-0.25, -0.2) is 24.7 Å². The van der Waals surface area contributed by atoms with Crippen molar-refractivity contribution in [2.75, 3.05) is 25.4 Å². The molecule has 18 rings (SSSR count). The standard InChI is InChI=1S/C26H22N4O2.C21H21BrN2O2S.C19H18BrN3O2.C17H13BrN2O2S.C7H6BNO2/c1-3-30-24(31)26(29-25(30)27)16-23(17-8-5-4-6-9-17)32-22-13-12-19(15-21(22)26)18-10-7-11-20(14-18)28-2;1-3-24-19(25)21(23-20(24)27-4-2)13-18(14-8-6-5-7-9-14)26-17-11-10-15(22)12-16(17)21;1-2-23-17(24)19(22-18(23)21)11-16(12-6-4-3-5-7-12)25-15-9-8-13(20)10-14(15)19;18-11-6-7-13-12(8-11)17(15(21)19-16(23)20-17)9-14(22-13)10-4-2-1-3-5-10;1-9-7-4-2-3-6(5-7)8(10)11/h4-15,23H,3,16H2,1H3,(H2,27,29);5-12,18H,3-4,13H2,1-2H3;3-10,16H,2,11H2,1H3,(H2,21,22);1-8,14H,9H2,(H2,19,20,21,23);2-5,10-11H. The van der Waals surface area contributed by atoms with Crippen molar-refractivity contribution in [2.45, 2.75) is 99.9 Å². The van der Waals surface area contributed by atoms with Crippen LogP contribution in [-0.2, 0) is 41.3 Å². The summed E-state index contributed by atoms with van der Waals surface area (Å²) in [4.78, 5) is 79.1. The van der Waals surface area contributed by atoms with Gasteiger partial charge in [-0.05, 0) is 150 Å².